The van der Waals surface area contributed by atoms with Crippen LogP contribution in [0.4, 0.5) is 10.1 Å². The summed E-state index contributed by atoms with van der Waals surface area (Å²) in [6.07, 6.45) is 0. The van der Waals surface area contributed by atoms with Gasteiger partial charge in [0.1, 0.15) is 11.9 Å². The number of rotatable bonds is 5. The van der Waals surface area contributed by atoms with Gasteiger partial charge >= 0.3 is 0 Å². The van der Waals surface area contributed by atoms with E-state index in [1.807, 2.05) is 36.4 Å². The zero-order chi connectivity index (χ0) is 23.7. The van der Waals surface area contributed by atoms with Crippen LogP contribution in [0.25, 0.3) is 11.5 Å². The summed E-state index contributed by atoms with van der Waals surface area (Å²) in [5, 5.41) is 9.90. The Morgan fingerprint density at radius 1 is 0.914 bits per heavy atom. The lowest BCUT2D eigenvalue weighted by Crippen LogP contribution is -2.48. The number of hydrogen-bond acceptors (Lipinski definition) is 5. The molecule has 35 heavy (non-hydrogen) atoms. The smallest absolute Gasteiger partial charge is 0.249 e. The van der Waals surface area contributed by atoms with Crippen molar-refractivity contribution in [1.82, 2.24) is 15.1 Å². The van der Waals surface area contributed by atoms with Crippen LogP contribution in [0.15, 0.2) is 71.1 Å². The summed E-state index contributed by atoms with van der Waals surface area (Å²) >= 11 is 12.6. The molecule has 2 heterocycles. The summed E-state index contributed by atoms with van der Waals surface area (Å²) in [6.45, 7) is 5.23. The first-order chi connectivity index (χ1) is 16.5. The highest BCUT2D eigenvalue weighted by Crippen LogP contribution is 2.34. The zero-order valence-electron chi connectivity index (χ0n) is 19.0. The maximum absolute atomic E-state index is 13.7. The normalized spacial score (nSPS) is 15.0. The first kappa shape index (κ1) is 25.5. The van der Waals surface area contributed by atoms with Crippen molar-refractivity contribution in [3.63, 3.8) is 0 Å². The van der Waals surface area contributed by atoms with Crippen LogP contribution in [0.2, 0.25) is 10.0 Å². The number of aryl methyl sites for hydroxylation is 1. The lowest BCUT2D eigenvalue weighted by Gasteiger charge is -2.39. The van der Waals surface area contributed by atoms with Crippen LogP contribution < -0.4 is 4.90 Å². The summed E-state index contributed by atoms with van der Waals surface area (Å²) in [5.41, 5.74) is 3.91. The van der Waals surface area contributed by atoms with E-state index in [9.17, 15) is 4.39 Å². The Hall–Kier alpha value is -2.64. The van der Waals surface area contributed by atoms with E-state index in [1.54, 1.807) is 18.2 Å². The van der Waals surface area contributed by atoms with Gasteiger partial charge in [0, 0.05) is 36.9 Å². The minimum atomic E-state index is -0.299. The Morgan fingerprint density at radius 2 is 1.63 bits per heavy atom. The second-order valence-electron chi connectivity index (χ2n) is 8.33. The highest BCUT2D eigenvalue weighted by atomic mass is 35.5. The molecule has 1 atom stereocenters. The third-order valence-electron chi connectivity index (χ3n) is 6.16. The van der Waals surface area contributed by atoms with Crippen molar-refractivity contribution in [2.45, 2.75) is 13.0 Å². The lowest BCUT2D eigenvalue weighted by atomic mass is 10.0. The molecule has 1 aromatic heterocycles. The van der Waals surface area contributed by atoms with E-state index in [2.05, 4.69) is 26.9 Å². The summed E-state index contributed by atoms with van der Waals surface area (Å²) in [7, 11) is 0. The third kappa shape index (κ3) is 5.46. The monoisotopic (exact) mass is 532 g/mol. The molecule has 0 N–H and O–H groups in total. The molecule has 0 spiro atoms. The van der Waals surface area contributed by atoms with E-state index in [0.717, 1.165) is 42.5 Å². The quantitative estimate of drug-likeness (QED) is 0.281. The molecule has 3 aromatic carbocycles. The number of halogens is 4. The molecule has 1 aliphatic heterocycles. The minimum Gasteiger partial charge on any atom is -0.419 e. The molecular formula is C26H24Cl3FN4O. The fourth-order valence-corrected chi connectivity index (χ4v) is 4.77. The van der Waals surface area contributed by atoms with Crippen molar-refractivity contribution < 1.29 is 8.81 Å². The predicted octanol–water partition coefficient (Wildman–Crippen LogP) is 6.82. The van der Waals surface area contributed by atoms with Crippen LogP contribution in [0.1, 0.15) is 23.1 Å². The second kappa shape index (κ2) is 11.0. The maximum atomic E-state index is 13.7. The molecule has 9 heteroatoms. The first-order valence-electron chi connectivity index (χ1n) is 11.1. The molecular weight excluding hydrogens is 510 g/mol. The van der Waals surface area contributed by atoms with Crippen molar-refractivity contribution in [1.29, 1.82) is 0 Å². The number of aromatic nitrogens is 2. The zero-order valence-corrected chi connectivity index (χ0v) is 21.3. The SMILES string of the molecule is Cc1ccc(Cl)cc1N1CCN(C(c2ccc(F)cc2)c2nnc(-c3ccccc3Cl)o2)CC1.Cl. The van der Waals surface area contributed by atoms with Gasteiger partial charge in [0.25, 0.3) is 0 Å². The Labute approximate surface area is 219 Å². The third-order valence-corrected chi connectivity index (χ3v) is 6.72. The van der Waals surface area contributed by atoms with Gasteiger partial charge in [-0.3, -0.25) is 4.90 Å². The molecule has 1 unspecified atom stereocenters. The molecule has 5 rings (SSSR count). The Morgan fingerprint density at radius 3 is 2.34 bits per heavy atom. The van der Waals surface area contributed by atoms with Crippen molar-refractivity contribution in [3.05, 3.63) is 99.6 Å². The van der Waals surface area contributed by atoms with Gasteiger partial charge in [-0.15, -0.1) is 22.6 Å². The van der Waals surface area contributed by atoms with Crippen LogP contribution >= 0.6 is 35.6 Å². The van der Waals surface area contributed by atoms with Crippen molar-refractivity contribution in [3.8, 4) is 11.5 Å². The Kier molecular flexibility index (Phi) is 7.97. The molecule has 0 saturated carbocycles. The van der Waals surface area contributed by atoms with Crippen LogP contribution in [0.5, 0.6) is 0 Å². The van der Waals surface area contributed by atoms with Gasteiger partial charge in [-0.25, -0.2) is 4.39 Å². The van der Waals surface area contributed by atoms with Gasteiger partial charge in [-0.1, -0.05) is 53.5 Å². The average molecular weight is 534 g/mol. The van der Waals surface area contributed by atoms with Gasteiger partial charge in [-0.2, -0.15) is 0 Å². The topological polar surface area (TPSA) is 45.4 Å². The molecule has 5 nitrogen and oxygen atoms in total. The van der Waals surface area contributed by atoms with Gasteiger partial charge in [0.15, 0.2) is 0 Å². The summed E-state index contributed by atoms with van der Waals surface area (Å²) in [5.74, 6) is 0.529. The number of benzene rings is 3. The Balaban J connectivity index is 0.00000289. The second-order valence-corrected chi connectivity index (χ2v) is 9.18. The first-order valence-corrected chi connectivity index (χ1v) is 11.8. The minimum absolute atomic E-state index is 0. The molecule has 4 aromatic rings. The van der Waals surface area contributed by atoms with Crippen LogP contribution in [-0.2, 0) is 0 Å². The standard InChI is InChI=1S/C26H23Cl2FN4O.ClH/c1-17-6-9-19(27)16-23(17)32-12-14-33(15-13-32)24(18-7-10-20(29)11-8-18)26-31-30-25(34-26)21-4-2-3-5-22(21)28;/h2-11,16,24H,12-15H2,1H3;1H. The van der Waals surface area contributed by atoms with Crippen LogP contribution in [0.3, 0.4) is 0 Å². The maximum Gasteiger partial charge on any atom is 0.249 e. The number of nitrogens with zero attached hydrogens (tertiary/aromatic N) is 4. The van der Waals surface area contributed by atoms with Crippen LogP contribution in [0, 0.1) is 12.7 Å². The number of hydrogen-bond donors (Lipinski definition) is 0. The van der Waals surface area contributed by atoms with Crippen molar-refractivity contribution >= 4 is 41.3 Å². The van der Waals surface area contributed by atoms with Gasteiger partial charge < -0.3 is 9.32 Å². The van der Waals surface area contributed by atoms with E-state index >= 15 is 0 Å². The van der Waals surface area contributed by atoms with E-state index in [0.29, 0.717) is 22.4 Å². The molecule has 1 saturated heterocycles. The molecule has 1 fully saturated rings. The Bertz CT molecular complexity index is 1290. The van der Waals surface area contributed by atoms with Crippen molar-refractivity contribution in [2.24, 2.45) is 0 Å². The molecule has 1 aliphatic rings. The van der Waals surface area contributed by atoms with E-state index in [-0.39, 0.29) is 24.3 Å². The van der Waals surface area contributed by atoms with Gasteiger partial charge in [0.05, 0.1) is 10.6 Å². The summed E-state index contributed by atoms with van der Waals surface area (Å²) in [4.78, 5) is 4.62. The molecule has 0 bridgehead atoms. The summed E-state index contributed by atoms with van der Waals surface area (Å²) < 4.78 is 19.8. The largest absolute Gasteiger partial charge is 0.419 e. The van der Waals surface area contributed by atoms with Gasteiger partial charge in [0.2, 0.25) is 11.8 Å². The average Bonchev–Trinajstić information content (AvgIpc) is 3.32. The molecule has 0 radical (unpaired) electrons. The predicted molar refractivity (Wildman–Crippen MR) is 140 cm³/mol. The van der Waals surface area contributed by atoms with Crippen LogP contribution in [-0.4, -0.2) is 41.3 Å². The van der Waals surface area contributed by atoms with E-state index in [1.165, 1.54) is 17.7 Å². The molecule has 182 valence electrons. The number of piperazine rings is 1. The fraction of sp³-hybridized carbons (Fsp3) is 0.231. The van der Waals surface area contributed by atoms with Crippen molar-refractivity contribution in [2.75, 3.05) is 31.1 Å². The van der Waals surface area contributed by atoms with E-state index in [4.69, 9.17) is 27.6 Å². The molecule has 0 aliphatic carbocycles. The van der Waals surface area contributed by atoms with Gasteiger partial charge in [-0.05, 0) is 54.4 Å². The highest BCUT2D eigenvalue weighted by molar-refractivity contribution is 6.33. The fourth-order valence-electron chi connectivity index (χ4n) is 4.39. The van der Waals surface area contributed by atoms with E-state index < -0.39 is 0 Å². The molecule has 0 amide bonds. The lowest BCUT2D eigenvalue weighted by molar-refractivity contribution is 0.188. The number of anilines is 1. The highest BCUT2D eigenvalue weighted by Gasteiger charge is 2.31. The summed E-state index contributed by atoms with van der Waals surface area (Å²) in [6, 6.07) is 19.5.